The minimum Gasteiger partial charge on any atom is -0.350 e. The zero-order valence-electron chi connectivity index (χ0n) is 13.9. The monoisotopic (exact) mass is 372 g/mol. The van der Waals surface area contributed by atoms with Crippen LogP contribution in [0.25, 0.3) is 10.7 Å². The molecule has 0 unspecified atom stereocenters. The van der Waals surface area contributed by atoms with E-state index in [9.17, 15) is 14.0 Å². The third kappa shape index (κ3) is 3.32. The number of nitrogens with one attached hydrogen (secondary N) is 1. The largest absolute Gasteiger partial charge is 0.350 e. The van der Waals surface area contributed by atoms with Gasteiger partial charge in [0.1, 0.15) is 5.82 Å². The smallest absolute Gasteiger partial charge is 0.346 e. The molecule has 1 amide bonds. The molecule has 1 N–H and O–H groups in total. The summed E-state index contributed by atoms with van der Waals surface area (Å²) in [4.78, 5) is 25.7. The van der Waals surface area contributed by atoms with Gasteiger partial charge in [0.15, 0.2) is 5.82 Å². The van der Waals surface area contributed by atoms with E-state index in [-0.39, 0.29) is 36.3 Å². The molecule has 2 heterocycles. The molecule has 0 radical (unpaired) electrons. The third-order valence-corrected chi connectivity index (χ3v) is 5.09. The first-order valence-electron chi connectivity index (χ1n) is 8.40. The van der Waals surface area contributed by atoms with E-state index in [1.807, 2.05) is 17.5 Å². The summed E-state index contributed by atoms with van der Waals surface area (Å²) in [5.41, 5.74) is 0.0936. The van der Waals surface area contributed by atoms with Gasteiger partial charge in [0.2, 0.25) is 0 Å². The van der Waals surface area contributed by atoms with Crippen LogP contribution in [0.2, 0.25) is 0 Å². The van der Waals surface area contributed by atoms with Crippen molar-refractivity contribution in [1.82, 2.24) is 19.7 Å². The van der Waals surface area contributed by atoms with Gasteiger partial charge in [-0.3, -0.25) is 9.36 Å². The summed E-state index contributed by atoms with van der Waals surface area (Å²) in [6.45, 7) is 0.499. The predicted octanol–water partition coefficient (Wildman–Crippen LogP) is 2.68. The number of benzene rings is 1. The molecule has 0 spiro atoms. The first kappa shape index (κ1) is 16.7. The van der Waals surface area contributed by atoms with Crippen LogP contribution in [-0.2, 0) is 6.54 Å². The number of hydrogen-bond donors (Lipinski definition) is 1. The van der Waals surface area contributed by atoms with E-state index in [1.165, 1.54) is 22.9 Å². The first-order chi connectivity index (χ1) is 12.6. The molecule has 1 aliphatic rings. The number of amides is 1. The molecule has 4 rings (SSSR count). The molecule has 8 heteroatoms. The second-order valence-electron chi connectivity index (χ2n) is 6.17. The quantitative estimate of drug-likeness (QED) is 0.723. The van der Waals surface area contributed by atoms with E-state index in [4.69, 9.17) is 0 Å². The van der Waals surface area contributed by atoms with E-state index in [0.29, 0.717) is 5.82 Å². The average Bonchev–Trinajstić information content (AvgIpc) is 3.20. The van der Waals surface area contributed by atoms with Crippen LogP contribution in [-0.4, -0.2) is 26.8 Å². The van der Waals surface area contributed by atoms with Crippen molar-refractivity contribution in [1.29, 1.82) is 0 Å². The lowest BCUT2D eigenvalue weighted by atomic mass is 10.2. The Labute approximate surface area is 152 Å². The molecule has 6 nitrogen and oxygen atoms in total. The van der Waals surface area contributed by atoms with Crippen molar-refractivity contribution >= 4 is 17.2 Å². The van der Waals surface area contributed by atoms with Gasteiger partial charge >= 0.3 is 5.69 Å². The molecule has 0 saturated heterocycles. The SMILES string of the molecule is O=C(NCCn1nc(-c2cccs2)n(C2CC2)c1=O)c1cccc(F)c1. The summed E-state index contributed by atoms with van der Waals surface area (Å²) in [7, 11) is 0. The first-order valence-corrected chi connectivity index (χ1v) is 9.28. The maximum Gasteiger partial charge on any atom is 0.346 e. The van der Waals surface area contributed by atoms with Crippen molar-refractivity contribution in [3.05, 3.63) is 63.6 Å². The Morgan fingerprint density at radius 3 is 2.85 bits per heavy atom. The minimum atomic E-state index is -0.461. The lowest BCUT2D eigenvalue weighted by molar-refractivity contribution is 0.0951. The molecular formula is C18H17FN4O2S. The van der Waals surface area contributed by atoms with E-state index < -0.39 is 5.82 Å². The van der Waals surface area contributed by atoms with Crippen LogP contribution in [0.5, 0.6) is 0 Å². The van der Waals surface area contributed by atoms with E-state index in [2.05, 4.69) is 10.4 Å². The van der Waals surface area contributed by atoms with Gasteiger partial charge in [0, 0.05) is 18.2 Å². The number of rotatable bonds is 6. The number of halogens is 1. The summed E-state index contributed by atoms with van der Waals surface area (Å²) >= 11 is 1.54. The summed E-state index contributed by atoms with van der Waals surface area (Å²) < 4.78 is 16.3. The fraction of sp³-hybridized carbons (Fsp3) is 0.278. The molecule has 0 bridgehead atoms. The van der Waals surface area contributed by atoms with Gasteiger partial charge in [-0.1, -0.05) is 12.1 Å². The van der Waals surface area contributed by atoms with Crippen molar-refractivity contribution in [2.45, 2.75) is 25.4 Å². The van der Waals surface area contributed by atoms with Crippen LogP contribution in [0, 0.1) is 5.82 Å². The molecule has 1 saturated carbocycles. The Balaban J connectivity index is 1.48. The summed E-state index contributed by atoms with van der Waals surface area (Å²) in [6, 6.07) is 9.59. The number of carbonyl (C=O) groups is 1. The number of aromatic nitrogens is 3. The zero-order valence-corrected chi connectivity index (χ0v) is 14.7. The molecule has 26 heavy (non-hydrogen) atoms. The van der Waals surface area contributed by atoms with E-state index in [0.717, 1.165) is 17.7 Å². The Hall–Kier alpha value is -2.74. The van der Waals surface area contributed by atoms with E-state index >= 15 is 0 Å². The number of thiophene rings is 1. The van der Waals surface area contributed by atoms with Gasteiger partial charge in [-0.25, -0.2) is 13.9 Å². The topological polar surface area (TPSA) is 68.9 Å². The molecule has 1 aromatic carbocycles. The molecule has 3 aromatic rings. The predicted molar refractivity (Wildman–Crippen MR) is 96.8 cm³/mol. The average molecular weight is 372 g/mol. The van der Waals surface area contributed by atoms with E-state index in [1.54, 1.807) is 22.0 Å². The van der Waals surface area contributed by atoms with Crippen molar-refractivity contribution in [3.8, 4) is 10.7 Å². The van der Waals surface area contributed by atoms with Gasteiger partial charge in [-0.2, -0.15) is 0 Å². The standard InChI is InChI=1S/C18H17FN4O2S/c19-13-4-1-3-12(11-13)17(24)20-8-9-22-18(25)23(14-6-7-14)16(21-22)15-5-2-10-26-15/h1-5,10-11,14H,6-9H2,(H,20,24). The molecule has 1 fully saturated rings. The Bertz CT molecular complexity index is 989. The van der Waals surface area contributed by atoms with Crippen LogP contribution in [0.1, 0.15) is 29.2 Å². The summed E-state index contributed by atoms with van der Waals surface area (Å²) in [5.74, 6) is -0.153. The van der Waals surface area contributed by atoms with Crippen LogP contribution < -0.4 is 11.0 Å². The zero-order chi connectivity index (χ0) is 18.1. The van der Waals surface area contributed by atoms with Crippen molar-refractivity contribution in [2.75, 3.05) is 6.54 Å². The third-order valence-electron chi connectivity index (χ3n) is 4.22. The highest BCUT2D eigenvalue weighted by Gasteiger charge is 2.30. The van der Waals surface area contributed by atoms with Crippen LogP contribution in [0.3, 0.4) is 0 Å². The maximum atomic E-state index is 13.2. The van der Waals surface area contributed by atoms with Gasteiger partial charge in [-0.15, -0.1) is 16.4 Å². The normalized spacial score (nSPS) is 13.7. The second-order valence-corrected chi connectivity index (χ2v) is 7.12. The molecule has 0 aliphatic heterocycles. The second kappa shape index (κ2) is 6.87. The van der Waals surface area contributed by atoms with Crippen molar-refractivity contribution in [2.24, 2.45) is 0 Å². The maximum absolute atomic E-state index is 13.2. The van der Waals surface area contributed by atoms with Crippen LogP contribution in [0.15, 0.2) is 46.6 Å². The van der Waals surface area contributed by atoms with Crippen LogP contribution >= 0.6 is 11.3 Å². The highest BCUT2D eigenvalue weighted by atomic mass is 32.1. The fourth-order valence-corrected chi connectivity index (χ4v) is 3.51. The van der Waals surface area contributed by atoms with Gasteiger partial charge < -0.3 is 5.32 Å². The summed E-state index contributed by atoms with van der Waals surface area (Å²) in [6.07, 6.45) is 1.97. The molecule has 0 atom stereocenters. The van der Waals surface area contributed by atoms with Gasteiger partial charge in [0.05, 0.1) is 11.4 Å². The Kier molecular flexibility index (Phi) is 4.42. The molecule has 1 aliphatic carbocycles. The molecular weight excluding hydrogens is 355 g/mol. The highest BCUT2D eigenvalue weighted by Crippen LogP contribution is 2.37. The number of hydrogen-bond acceptors (Lipinski definition) is 4. The Morgan fingerprint density at radius 2 is 2.15 bits per heavy atom. The van der Waals surface area contributed by atoms with Crippen molar-refractivity contribution < 1.29 is 9.18 Å². The van der Waals surface area contributed by atoms with Crippen molar-refractivity contribution in [3.63, 3.8) is 0 Å². The Morgan fingerprint density at radius 1 is 1.31 bits per heavy atom. The fourth-order valence-electron chi connectivity index (χ4n) is 2.81. The lowest BCUT2D eigenvalue weighted by Gasteiger charge is -2.05. The lowest BCUT2D eigenvalue weighted by Crippen LogP contribution is -2.32. The number of nitrogens with zero attached hydrogens (tertiary/aromatic N) is 3. The minimum absolute atomic E-state index is 0.157. The number of carbonyl (C=O) groups excluding carboxylic acids is 1. The van der Waals surface area contributed by atoms with Gasteiger partial charge in [0.25, 0.3) is 5.91 Å². The molecule has 2 aromatic heterocycles. The van der Waals surface area contributed by atoms with Gasteiger partial charge in [-0.05, 0) is 42.5 Å². The molecule has 134 valence electrons. The summed E-state index contributed by atoms with van der Waals surface area (Å²) in [5, 5.41) is 9.12. The van der Waals surface area contributed by atoms with Crippen LogP contribution in [0.4, 0.5) is 4.39 Å². The highest BCUT2D eigenvalue weighted by molar-refractivity contribution is 7.13.